The van der Waals surface area contributed by atoms with Crippen LogP contribution in [-0.4, -0.2) is 18.7 Å². The molecule has 0 fully saturated rings. The van der Waals surface area contributed by atoms with E-state index in [1.165, 1.54) is 12.1 Å². The molecular formula is C14H22FNO. The molecule has 1 rings (SSSR count). The van der Waals surface area contributed by atoms with E-state index in [4.69, 9.17) is 4.74 Å². The summed E-state index contributed by atoms with van der Waals surface area (Å²) in [5, 5.41) is 3.42. The van der Waals surface area contributed by atoms with E-state index in [-0.39, 0.29) is 11.9 Å². The highest BCUT2D eigenvalue weighted by molar-refractivity contribution is 5.22. The summed E-state index contributed by atoms with van der Waals surface area (Å²) in [6, 6.07) is 6.60. The Kier molecular flexibility index (Phi) is 5.98. The molecule has 1 N–H and O–H groups in total. The molecule has 0 saturated heterocycles. The molecule has 1 aromatic carbocycles. The maximum Gasteiger partial charge on any atom is 0.123 e. The van der Waals surface area contributed by atoms with Crippen LogP contribution in [0.25, 0.3) is 0 Å². The van der Waals surface area contributed by atoms with Gasteiger partial charge in [0.15, 0.2) is 0 Å². The number of halogens is 1. The number of benzene rings is 1. The molecule has 0 radical (unpaired) electrons. The van der Waals surface area contributed by atoms with Crippen LogP contribution in [0, 0.1) is 5.82 Å². The number of rotatable bonds is 7. The summed E-state index contributed by atoms with van der Waals surface area (Å²) in [7, 11) is 0. The van der Waals surface area contributed by atoms with E-state index >= 15 is 0 Å². The average molecular weight is 239 g/mol. The van der Waals surface area contributed by atoms with Crippen LogP contribution in [0.1, 0.15) is 33.6 Å². The molecule has 0 aliphatic carbocycles. The molecular weight excluding hydrogens is 217 g/mol. The van der Waals surface area contributed by atoms with Gasteiger partial charge >= 0.3 is 0 Å². The maximum absolute atomic E-state index is 12.7. The lowest BCUT2D eigenvalue weighted by Gasteiger charge is -2.19. The largest absolute Gasteiger partial charge is 0.491 e. The Bertz CT molecular complexity index is 313. The Morgan fingerprint density at radius 3 is 2.47 bits per heavy atom. The summed E-state index contributed by atoms with van der Waals surface area (Å²) in [5.41, 5.74) is 0. The lowest BCUT2D eigenvalue weighted by atomic mass is 10.1. The molecule has 0 aromatic heterocycles. The molecule has 0 aliphatic heterocycles. The Morgan fingerprint density at radius 1 is 1.24 bits per heavy atom. The predicted molar refractivity (Wildman–Crippen MR) is 68.9 cm³/mol. The second kappa shape index (κ2) is 7.28. The van der Waals surface area contributed by atoms with Gasteiger partial charge in [-0.2, -0.15) is 0 Å². The zero-order valence-corrected chi connectivity index (χ0v) is 10.9. The Balaban J connectivity index is 2.33. The second-order valence-corrected chi connectivity index (χ2v) is 4.47. The molecule has 2 unspecified atom stereocenters. The summed E-state index contributed by atoms with van der Waals surface area (Å²) < 4.78 is 18.4. The predicted octanol–water partition coefficient (Wildman–Crippen LogP) is 3.37. The molecule has 17 heavy (non-hydrogen) atoms. The van der Waals surface area contributed by atoms with Crippen LogP contribution in [0.2, 0.25) is 0 Å². The lowest BCUT2D eigenvalue weighted by molar-refractivity contribution is 0.196. The van der Waals surface area contributed by atoms with Crippen molar-refractivity contribution in [3.05, 3.63) is 30.1 Å². The maximum atomic E-state index is 12.7. The lowest BCUT2D eigenvalue weighted by Crippen LogP contribution is -2.31. The summed E-state index contributed by atoms with van der Waals surface area (Å²) in [4.78, 5) is 0. The Morgan fingerprint density at radius 2 is 1.88 bits per heavy atom. The normalized spacial score (nSPS) is 14.4. The zero-order chi connectivity index (χ0) is 12.7. The van der Waals surface area contributed by atoms with Crippen molar-refractivity contribution in [1.82, 2.24) is 5.32 Å². The van der Waals surface area contributed by atoms with Gasteiger partial charge in [0.05, 0.1) is 6.10 Å². The van der Waals surface area contributed by atoms with Crippen LogP contribution in [-0.2, 0) is 0 Å². The van der Waals surface area contributed by atoms with E-state index in [1.807, 2.05) is 6.92 Å². The van der Waals surface area contributed by atoms with Gasteiger partial charge in [0.25, 0.3) is 0 Å². The van der Waals surface area contributed by atoms with E-state index in [9.17, 15) is 4.39 Å². The van der Waals surface area contributed by atoms with Crippen LogP contribution in [0.3, 0.4) is 0 Å². The molecule has 3 heteroatoms. The van der Waals surface area contributed by atoms with Crippen LogP contribution in [0.5, 0.6) is 5.75 Å². The van der Waals surface area contributed by atoms with Crippen LogP contribution in [0.4, 0.5) is 4.39 Å². The van der Waals surface area contributed by atoms with Crippen molar-refractivity contribution >= 4 is 0 Å². The number of ether oxygens (including phenoxy) is 1. The van der Waals surface area contributed by atoms with Crippen molar-refractivity contribution in [2.75, 3.05) is 6.54 Å². The summed E-state index contributed by atoms with van der Waals surface area (Å²) in [5.74, 6) is 0.490. The minimum atomic E-state index is -0.233. The Hall–Kier alpha value is -1.09. The SMILES string of the molecule is CCCNC(C)CC(C)Oc1ccc(F)cc1. The first-order valence-corrected chi connectivity index (χ1v) is 6.27. The minimum absolute atomic E-state index is 0.125. The van der Waals surface area contributed by atoms with Crippen molar-refractivity contribution in [1.29, 1.82) is 0 Å². The molecule has 0 aliphatic rings. The van der Waals surface area contributed by atoms with E-state index in [2.05, 4.69) is 19.2 Å². The zero-order valence-electron chi connectivity index (χ0n) is 10.9. The third-order valence-electron chi connectivity index (χ3n) is 2.58. The average Bonchev–Trinajstić information content (AvgIpc) is 2.29. The fourth-order valence-electron chi connectivity index (χ4n) is 1.77. The number of hydrogen-bond donors (Lipinski definition) is 1. The molecule has 1 aromatic rings. The van der Waals surface area contributed by atoms with E-state index in [0.29, 0.717) is 6.04 Å². The number of hydrogen-bond acceptors (Lipinski definition) is 2. The highest BCUT2D eigenvalue weighted by Gasteiger charge is 2.09. The van der Waals surface area contributed by atoms with Gasteiger partial charge in [-0.05, 0) is 57.5 Å². The molecule has 0 spiro atoms. The van der Waals surface area contributed by atoms with Gasteiger partial charge in [-0.1, -0.05) is 6.92 Å². The van der Waals surface area contributed by atoms with Crippen LogP contribution in [0.15, 0.2) is 24.3 Å². The second-order valence-electron chi connectivity index (χ2n) is 4.47. The molecule has 0 amide bonds. The molecule has 96 valence electrons. The summed E-state index contributed by atoms with van der Waals surface area (Å²) in [6.45, 7) is 7.37. The first-order valence-electron chi connectivity index (χ1n) is 6.27. The van der Waals surface area contributed by atoms with Crippen molar-refractivity contribution in [3.8, 4) is 5.75 Å². The van der Waals surface area contributed by atoms with Gasteiger partial charge in [-0.15, -0.1) is 0 Å². The van der Waals surface area contributed by atoms with Gasteiger partial charge in [-0.3, -0.25) is 0 Å². The standard InChI is InChI=1S/C14H22FNO/c1-4-9-16-11(2)10-12(3)17-14-7-5-13(15)6-8-14/h5-8,11-12,16H,4,9-10H2,1-3H3. The fraction of sp³-hybridized carbons (Fsp3) is 0.571. The van der Waals surface area contributed by atoms with Crippen molar-refractivity contribution < 1.29 is 9.13 Å². The molecule has 2 atom stereocenters. The first-order chi connectivity index (χ1) is 8.11. The van der Waals surface area contributed by atoms with Crippen LogP contribution >= 0.6 is 0 Å². The smallest absolute Gasteiger partial charge is 0.123 e. The van der Waals surface area contributed by atoms with Crippen molar-refractivity contribution in [2.24, 2.45) is 0 Å². The van der Waals surface area contributed by atoms with E-state index < -0.39 is 0 Å². The van der Waals surface area contributed by atoms with Gasteiger partial charge in [-0.25, -0.2) is 4.39 Å². The van der Waals surface area contributed by atoms with E-state index in [1.54, 1.807) is 12.1 Å². The molecule has 0 heterocycles. The number of nitrogens with one attached hydrogen (secondary N) is 1. The third-order valence-corrected chi connectivity index (χ3v) is 2.58. The highest BCUT2D eigenvalue weighted by Crippen LogP contribution is 2.14. The van der Waals surface area contributed by atoms with Crippen LogP contribution < -0.4 is 10.1 Å². The van der Waals surface area contributed by atoms with Gasteiger partial charge in [0.2, 0.25) is 0 Å². The molecule has 0 saturated carbocycles. The van der Waals surface area contributed by atoms with Gasteiger partial charge in [0, 0.05) is 6.04 Å². The van der Waals surface area contributed by atoms with Gasteiger partial charge < -0.3 is 10.1 Å². The molecule has 0 bridgehead atoms. The monoisotopic (exact) mass is 239 g/mol. The summed E-state index contributed by atoms with van der Waals surface area (Å²) in [6.07, 6.45) is 2.20. The van der Waals surface area contributed by atoms with Crippen molar-refractivity contribution in [3.63, 3.8) is 0 Å². The topological polar surface area (TPSA) is 21.3 Å². The molecule has 2 nitrogen and oxygen atoms in total. The first kappa shape index (κ1) is 14.0. The Labute approximate surface area is 103 Å². The third kappa shape index (κ3) is 5.68. The summed E-state index contributed by atoms with van der Waals surface area (Å²) >= 11 is 0. The van der Waals surface area contributed by atoms with Gasteiger partial charge in [0.1, 0.15) is 11.6 Å². The fourth-order valence-corrected chi connectivity index (χ4v) is 1.77. The minimum Gasteiger partial charge on any atom is -0.491 e. The quantitative estimate of drug-likeness (QED) is 0.787. The highest BCUT2D eigenvalue weighted by atomic mass is 19.1. The van der Waals surface area contributed by atoms with Crippen molar-refractivity contribution in [2.45, 2.75) is 45.8 Å². The van der Waals surface area contributed by atoms with E-state index in [0.717, 1.165) is 25.1 Å².